The van der Waals surface area contributed by atoms with Gasteiger partial charge >= 0.3 is 35.8 Å². The molecule has 115 heavy (non-hydrogen) atoms. The third kappa shape index (κ3) is 18.6. The Morgan fingerprint density at radius 2 is 0.617 bits per heavy atom. The van der Waals surface area contributed by atoms with Crippen molar-refractivity contribution in [2.75, 3.05) is 72.7 Å². The summed E-state index contributed by atoms with van der Waals surface area (Å²) in [5, 5.41) is 97.2. The van der Waals surface area contributed by atoms with Crippen molar-refractivity contribution in [2.24, 2.45) is 21.7 Å². The molecule has 0 heterocycles. The molecule has 0 aliphatic rings. The van der Waals surface area contributed by atoms with E-state index < -0.39 is 85.2 Å². The summed E-state index contributed by atoms with van der Waals surface area (Å²) in [7, 11) is 0. The van der Waals surface area contributed by atoms with Crippen LogP contribution in [0.4, 0.5) is 0 Å². The summed E-state index contributed by atoms with van der Waals surface area (Å²) in [4.78, 5) is 74.0. The minimum Gasteiger partial charge on any atom is -0.465 e. The molecule has 0 amide bonds. The lowest BCUT2D eigenvalue weighted by Gasteiger charge is -2.25. The van der Waals surface area contributed by atoms with Gasteiger partial charge < -0.3 is 69.3 Å². The molecule has 0 atom stereocenters. The average Bonchev–Trinajstić information content (AvgIpc) is 0.770. The molecule has 8 N–H and O–H groups in total. The molecule has 14 aromatic rings. The molecular weight excluding hydrogens is 1460 g/mol. The largest absolute Gasteiger partial charge is 0.465 e. The molecular formula is C95H98O20. The maximum Gasteiger partial charge on any atom is 0.339 e. The summed E-state index contributed by atoms with van der Waals surface area (Å²) in [6.07, 6.45) is 1.67. The van der Waals surface area contributed by atoms with E-state index in [1.165, 1.54) is 43.1 Å². The van der Waals surface area contributed by atoms with Crippen LogP contribution in [0.1, 0.15) is 99.7 Å². The monoisotopic (exact) mass is 1560 g/mol. The van der Waals surface area contributed by atoms with Crippen molar-refractivity contribution in [3.63, 3.8) is 0 Å². The number of hydrogen-bond acceptors (Lipinski definition) is 20. The van der Waals surface area contributed by atoms with Crippen LogP contribution < -0.4 is 0 Å². The highest BCUT2D eigenvalue weighted by atomic mass is 16.6. The predicted octanol–water partition coefficient (Wildman–Crippen LogP) is 15.2. The average molecular weight is 1560 g/mol. The van der Waals surface area contributed by atoms with Crippen molar-refractivity contribution >= 4 is 144 Å². The van der Waals surface area contributed by atoms with Crippen molar-refractivity contribution < 1.29 is 98.0 Å². The molecule has 0 saturated carbocycles. The van der Waals surface area contributed by atoms with Crippen molar-refractivity contribution in [2.45, 2.75) is 92.5 Å². The standard InChI is InChI=1S/C27H28O6.C25H28O6.C23H22O4.C20H20O4/c1-2-27(16-28,17-29)26(31)32-14-4-7-23(30)33-15-21-11-10-20-9-8-18-5-3-6-19-12-13-22(21)25(20)24(18)19;1-2-25(16-26,17-27)24(29)30-13-7-12-23(28)31-15-22-20-10-5-3-8-18(20)14-19-9-4-6-11-21(19)22;1-2-23(13-24,14-25)22(26)27-12-18-9-8-17-7-6-15-4-3-5-16-10-11-19(18)21(17)20(15)16;1-20(11-21,12-22)13-24-19(23)18-16-8-4-2-6-14(16)10-15-7-3-5-9-17(15)18/h3,5-6,8-13,28-29H,2,4,7,14-17H2,1H3;3-6,8-11,14,26-27H,2,7,12-13,15-17H2,1H3;3-11,24-25H,2,12-14H2,1H3;2-10,21-22H,11-13H2,1H3. The normalized spacial score (nSPS) is 11.9. The van der Waals surface area contributed by atoms with Gasteiger partial charge in [0.1, 0.15) is 42.7 Å². The van der Waals surface area contributed by atoms with Gasteiger partial charge in [0.05, 0.1) is 71.6 Å². The van der Waals surface area contributed by atoms with Gasteiger partial charge in [-0.1, -0.05) is 234 Å². The maximum atomic E-state index is 12.8. The number of fused-ring (bicyclic) bond motifs is 4. The third-order valence-corrected chi connectivity index (χ3v) is 22.2. The Bertz CT molecular complexity index is 5550. The smallest absolute Gasteiger partial charge is 0.339 e. The molecule has 0 unspecified atom stereocenters. The Morgan fingerprint density at radius 1 is 0.304 bits per heavy atom. The minimum absolute atomic E-state index is 0.0207. The summed E-state index contributed by atoms with van der Waals surface area (Å²) < 4.78 is 32.2. The van der Waals surface area contributed by atoms with E-state index in [4.69, 9.17) is 28.4 Å². The first-order valence-corrected chi connectivity index (χ1v) is 38.8. The van der Waals surface area contributed by atoms with E-state index in [0.717, 1.165) is 81.3 Å². The Labute approximate surface area is 665 Å². The highest BCUT2D eigenvalue weighted by Crippen LogP contribution is 2.40. The number of carbonyl (C=O) groups is 6. The molecule has 0 aliphatic carbocycles. The first kappa shape index (κ1) is 84.6. The summed E-state index contributed by atoms with van der Waals surface area (Å²) in [6.45, 7) is 3.92. The van der Waals surface area contributed by atoms with Crippen molar-refractivity contribution in [1.29, 1.82) is 0 Å². The number of rotatable bonds is 31. The Kier molecular flexibility index (Phi) is 28.5. The second-order valence-electron chi connectivity index (χ2n) is 29.6. The number of aliphatic hydroxyl groups is 8. The Morgan fingerprint density at radius 3 is 0.991 bits per heavy atom. The number of ether oxygens (including phenoxy) is 6. The SMILES string of the molecule is CC(CO)(CO)COC(=O)c1c2ccccc2cc2ccccc12.CCC(CO)(CO)C(=O)OCCCC(=O)OCc1c2ccccc2cc2ccccc12.CCC(CO)(CO)C(=O)OCCCC(=O)OCc1ccc2ccc3cccc4ccc1c2c34.CCC(CO)(CO)C(=O)OCc1ccc2ccc3cccc4ccc1c2c34. The van der Waals surface area contributed by atoms with Crippen LogP contribution >= 0.6 is 0 Å². The Hall–Kier alpha value is -11.3. The fourth-order valence-corrected chi connectivity index (χ4v) is 14.3. The molecule has 0 aromatic heterocycles. The van der Waals surface area contributed by atoms with Gasteiger partial charge in [-0.2, -0.15) is 0 Å². The predicted molar refractivity (Wildman–Crippen MR) is 446 cm³/mol. The van der Waals surface area contributed by atoms with E-state index in [0.29, 0.717) is 24.8 Å². The fourth-order valence-electron chi connectivity index (χ4n) is 14.3. The van der Waals surface area contributed by atoms with Gasteiger partial charge in [-0.25, -0.2) is 4.79 Å². The molecule has 14 rings (SSSR count). The molecule has 0 aliphatic heterocycles. The van der Waals surface area contributed by atoms with Crippen LogP contribution in [0.3, 0.4) is 0 Å². The molecule has 0 radical (unpaired) electrons. The number of esters is 6. The zero-order valence-electron chi connectivity index (χ0n) is 65.1. The molecule has 20 heteroatoms. The lowest BCUT2D eigenvalue weighted by Crippen LogP contribution is -2.39. The third-order valence-electron chi connectivity index (χ3n) is 22.2. The van der Waals surface area contributed by atoms with Gasteiger partial charge in [0.2, 0.25) is 0 Å². The first-order chi connectivity index (χ1) is 55.8. The van der Waals surface area contributed by atoms with E-state index in [1.54, 1.807) is 27.7 Å². The zero-order chi connectivity index (χ0) is 81.9. The minimum atomic E-state index is -1.30. The van der Waals surface area contributed by atoms with Crippen LogP contribution in [0.25, 0.3) is 108 Å². The quantitative estimate of drug-likeness (QED) is 0.00658. The van der Waals surface area contributed by atoms with Gasteiger partial charge in [0, 0.05) is 23.8 Å². The molecule has 20 nitrogen and oxygen atoms in total. The van der Waals surface area contributed by atoms with E-state index in [1.807, 2.05) is 121 Å². The van der Waals surface area contributed by atoms with E-state index in [2.05, 4.69) is 97.1 Å². The van der Waals surface area contributed by atoms with Crippen molar-refractivity contribution in [1.82, 2.24) is 0 Å². The van der Waals surface area contributed by atoms with E-state index in [-0.39, 0.29) is 90.5 Å². The molecule has 0 fully saturated rings. The van der Waals surface area contributed by atoms with Gasteiger partial charge in [-0.05, 0) is 163 Å². The van der Waals surface area contributed by atoms with Crippen LogP contribution in [-0.4, -0.2) is 149 Å². The first-order valence-electron chi connectivity index (χ1n) is 38.8. The molecule has 598 valence electrons. The number of benzene rings is 14. The molecule has 0 saturated heterocycles. The molecule has 14 aromatic carbocycles. The zero-order valence-corrected chi connectivity index (χ0v) is 65.1. The second-order valence-corrected chi connectivity index (χ2v) is 29.6. The summed E-state index contributed by atoms with van der Waals surface area (Å²) in [5.74, 6) is -3.08. The summed E-state index contributed by atoms with van der Waals surface area (Å²) in [5.41, 5.74) is -1.35. The van der Waals surface area contributed by atoms with Crippen molar-refractivity contribution in [3.8, 4) is 0 Å². The number of hydrogen-bond donors (Lipinski definition) is 8. The van der Waals surface area contributed by atoms with E-state index >= 15 is 0 Å². The topological polar surface area (TPSA) is 320 Å². The molecule has 0 bridgehead atoms. The maximum absolute atomic E-state index is 12.8. The fraction of sp³-hybridized carbons (Fsp3) is 0.305. The van der Waals surface area contributed by atoms with Crippen LogP contribution in [0.2, 0.25) is 0 Å². The van der Waals surface area contributed by atoms with Gasteiger partial charge in [0.15, 0.2) is 0 Å². The molecule has 0 spiro atoms. The summed E-state index contributed by atoms with van der Waals surface area (Å²) in [6, 6.07) is 72.9. The highest BCUT2D eigenvalue weighted by Gasteiger charge is 2.40. The van der Waals surface area contributed by atoms with Crippen LogP contribution in [0.15, 0.2) is 218 Å². The van der Waals surface area contributed by atoms with Crippen LogP contribution in [0, 0.1) is 21.7 Å². The number of aliphatic hydroxyl groups excluding tert-OH is 8. The van der Waals surface area contributed by atoms with Gasteiger partial charge in [-0.3, -0.25) is 24.0 Å². The second kappa shape index (κ2) is 38.7. The van der Waals surface area contributed by atoms with E-state index in [9.17, 15) is 69.6 Å². The lowest BCUT2D eigenvalue weighted by atomic mass is 9.87. The van der Waals surface area contributed by atoms with Gasteiger partial charge in [0.25, 0.3) is 0 Å². The van der Waals surface area contributed by atoms with Gasteiger partial charge in [-0.15, -0.1) is 0 Å². The lowest BCUT2D eigenvalue weighted by molar-refractivity contribution is -0.164. The van der Waals surface area contributed by atoms with Crippen LogP contribution in [0.5, 0.6) is 0 Å². The Balaban J connectivity index is 0.000000152. The number of carbonyl (C=O) groups excluding carboxylic acids is 6. The summed E-state index contributed by atoms with van der Waals surface area (Å²) >= 11 is 0. The van der Waals surface area contributed by atoms with Crippen LogP contribution in [-0.2, 0) is 72.2 Å². The van der Waals surface area contributed by atoms with Crippen molar-refractivity contribution in [3.05, 3.63) is 241 Å². The highest BCUT2D eigenvalue weighted by molar-refractivity contribution is 6.25.